The van der Waals surface area contributed by atoms with Crippen LogP contribution >= 0.6 is 0 Å². The van der Waals surface area contributed by atoms with E-state index in [1.54, 1.807) is 36.4 Å². The molecule has 4 nitrogen and oxygen atoms in total. The van der Waals surface area contributed by atoms with E-state index in [-0.39, 0.29) is 0 Å². The topological polar surface area (TPSA) is 86.2 Å². The van der Waals surface area contributed by atoms with Gasteiger partial charge >= 0.3 is 0 Å². The predicted molar refractivity (Wildman–Crippen MR) is 71.5 cm³/mol. The van der Waals surface area contributed by atoms with Crippen molar-refractivity contribution in [1.29, 1.82) is 0 Å². The van der Waals surface area contributed by atoms with Crippen molar-refractivity contribution in [3.05, 3.63) is 47.5 Å². The molecule has 0 aliphatic carbocycles. The molecule has 0 unspecified atom stereocenters. The summed E-state index contributed by atoms with van der Waals surface area (Å²) in [6, 6.07) is 10.3. The van der Waals surface area contributed by atoms with E-state index in [4.69, 9.17) is 11.5 Å². The summed E-state index contributed by atoms with van der Waals surface area (Å²) in [5, 5.41) is 0. The van der Waals surface area contributed by atoms with Crippen molar-refractivity contribution in [2.75, 3.05) is 11.5 Å². The first-order valence-electron chi connectivity index (χ1n) is 5.35. The number of nitrogens with two attached hydrogens (primary N) is 2. The van der Waals surface area contributed by atoms with Crippen LogP contribution < -0.4 is 11.5 Å². The van der Waals surface area contributed by atoms with Gasteiger partial charge in [-0.1, -0.05) is 12.1 Å². The minimum atomic E-state index is 0.417. The molecule has 4 N–H and O–H groups in total. The molecule has 0 spiro atoms. The van der Waals surface area contributed by atoms with Crippen LogP contribution in [-0.4, -0.2) is 12.6 Å². The van der Waals surface area contributed by atoms with E-state index in [9.17, 15) is 9.59 Å². The third kappa shape index (κ3) is 2.08. The SMILES string of the molecule is Nc1cc(-c2ccc(C=O)c(N)c2)ccc1C=O. The van der Waals surface area contributed by atoms with Crippen LogP contribution in [0.1, 0.15) is 20.7 Å². The van der Waals surface area contributed by atoms with E-state index in [1.165, 1.54) is 0 Å². The van der Waals surface area contributed by atoms with Crippen LogP contribution in [0.25, 0.3) is 11.1 Å². The molecule has 0 aliphatic heterocycles. The van der Waals surface area contributed by atoms with Gasteiger partial charge in [-0.15, -0.1) is 0 Å². The molecule has 0 atom stereocenters. The third-order valence-electron chi connectivity index (χ3n) is 2.76. The molecule has 0 saturated carbocycles. The van der Waals surface area contributed by atoms with Crippen LogP contribution in [-0.2, 0) is 0 Å². The number of rotatable bonds is 3. The summed E-state index contributed by atoms with van der Waals surface area (Å²) in [6.07, 6.45) is 1.42. The molecular formula is C14H12N2O2. The van der Waals surface area contributed by atoms with Gasteiger partial charge in [0.25, 0.3) is 0 Å². The van der Waals surface area contributed by atoms with Gasteiger partial charge in [-0.3, -0.25) is 9.59 Å². The largest absolute Gasteiger partial charge is 0.398 e. The first-order chi connectivity index (χ1) is 8.65. The highest BCUT2D eigenvalue weighted by Gasteiger charge is 2.04. The van der Waals surface area contributed by atoms with Crippen molar-refractivity contribution in [2.24, 2.45) is 0 Å². The van der Waals surface area contributed by atoms with Gasteiger partial charge in [0.1, 0.15) is 0 Å². The summed E-state index contributed by atoms with van der Waals surface area (Å²) in [5.41, 5.74) is 14.9. The van der Waals surface area contributed by atoms with Crippen molar-refractivity contribution in [3.63, 3.8) is 0 Å². The lowest BCUT2D eigenvalue weighted by molar-refractivity contribution is 0.111. The van der Waals surface area contributed by atoms with Gasteiger partial charge < -0.3 is 11.5 Å². The molecule has 0 radical (unpaired) electrons. The second-order valence-corrected chi connectivity index (χ2v) is 3.92. The van der Waals surface area contributed by atoms with E-state index in [0.29, 0.717) is 35.1 Å². The molecule has 0 bridgehead atoms. The first-order valence-corrected chi connectivity index (χ1v) is 5.35. The number of benzene rings is 2. The number of anilines is 2. The Balaban J connectivity index is 2.48. The van der Waals surface area contributed by atoms with E-state index in [1.807, 2.05) is 0 Å². The fourth-order valence-corrected chi connectivity index (χ4v) is 1.72. The zero-order chi connectivity index (χ0) is 13.1. The molecule has 0 aliphatic rings. The van der Waals surface area contributed by atoms with Gasteiger partial charge in [-0.05, 0) is 35.4 Å². The normalized spacial score (nSPS) is 10.0. The second-order valence-electron chi connectivity index (χ2n) is 3.92. The Hall–Kier alpha value is -2.62. The lowest BCUT2D eigenvalue weighted by Crippen LogP contribution is -1.95. The highest BCUT2D eigenvalue weighted by molar-refractivity contribution is 5.88. The van der Waals surface area contributed by atoms with Crippen LogP contribution in [0.3, 0.4) is 0 Å². The van der Waals surface area contributed by atoms with Gasteiger partial charge in [-0.2, -0.15) is 0 Å². The molecule has 0 aromatic heterocycles. The van der Waals surface area contributed by atoms with Gasteiger partial charge in [0.2, 0.25) is 0 Å². The maximum absolute atomic E-state index is 10.7. The van der Waals surface area contributed by atoms with Crippen molar-refractivity contribution in [2.45, 2.75) is 0 Å². The number of hydrogen-bond acceptors (Lipinski definition) is 4. The highest BCUT2D eigenvalue weighted by atomic mass is 16.1. The second kappa shape index (κ2) is 4.71. The van der Waals surface area contributed by atoms with E-state index >= 15 is 0 Å². The average molecular weight is 240 g/mol. The van der Waals surface area contributed by atoms with Crippen LogP contribution in [0.4, 0.5) is 11.4 Å². The Kier molecular flexibility index (Phi) is 3.10. The molecule has 2 aromatic carbocycles. The van der Waals surface area contributed by atoms with Gasteiger partial charge in [0, 0.05) is 22.5 Å². The number of carbonyl (C=O) groups excluding carboxylic acids is 2. The Bertz CT molecular complexity index is 566. The molecule has 18 heavy (non-hydrogen) atoms. The van der Waals surface area contributed by atoms with Crippen LogP contribution in [0.15, 0.2) is 36.4 Å². The maximum Gasteiger partial charge on any atom is 0.152 e. The van der Waals surface area contributed by atoms with Crippen molar-refractivity contribution < 1.29 is 9.59 Å². The standard InChI is InChI=1S/C14H12N2O2/c15-13-5-9(1-3-11(13)7-17)10-2-4-12(8-18)14(16)6-10/h1-8H,15-16H2. The lowest BCUT2D eigenvalue weighted by Gasteiger charge is -2.07. The van der Waals surface area contributed by atoms with Crippen molar-refractivity contribution >= 4 is 23.9 Å². The number of nitrogen functional groups attached to an aromatic ring is 2. The molecule has 4 heteroatoms. The van der Waals surface area contributed by atoms with Crippen LogP contribution in [0.5, 0.6) is 0 Å². The molecule has 2 aromatic rings. The van der Waals surface area contributed by atoms with E-state index in [0.717, 1.165) is 11.1 Å². The lowest BCUT2D eigenvalue weighted by atomic mass is 10.0. The summed E-state index contributed by atoms with van der Waals surface area (Å²) in [4.78, 5) is 21.3. The fourth-order valence-electron chi connectivity index (χ4n) is 1.72. The fraction of sp³-hybridized carbons (Fsp3) is 0. The average Bonchev–Trinajstić information content (AvgIpc) is 2.38. The van der Waals surface area contributed by atoms with Gasteiger partial charge in [-0.25, -0.2) is 0 Å². The van der Waals surface area contributed by atoms with E-state index < -0.39 is 0 Å². The highest BCUT2D eigenvalue weighted by Crippen LogP contribution is 2.26. The summed E-state index contributed by atoms with van der Waals surface area (Å²) in [5.74, 6) is 0. The third-order valence-corrected chi connectivity index (χ3v) is 2.76. The number of hydrogen-bond donors (Lipinski definition) is 2. The smallest absolute Gasteiger partial charge is 0.152 e. The monoisotopic (exact) mass is 240 g/mol. The van der Waals surface area contributed by atoms with Gasteiger partial charge in [0.05, 0.1) is 0 Å². The first kappa shape index (κ1) is 11.9. The molecule has 0 heterocycles. The quantitative estimate of drug-likeness (QED) is 0.635. The molecule has 0 fully saturated rings. The molecule has 0 amide bonds. The minimum Gasteiger partial charge on any atom is -0.398 e. The molecular weight excluding hydrogens is 228 g/mol. The molecule has 0 saturated heterocycles. The maximum atomic E-state index is 10.7. The van der Waals surface area contributed by atoms with Gasteiger partial charge in [0.15, 0.2) is 12.6 Å². The summed E-state index contributed by atoms with van der Waals surface area (Å²) >= 11 is 0. The van der Waals surface area contributed by atoms with Crippen molar-refractivity contribution in [3.8, 4) is 11.1 Å². The summed E-state index contributed by atoms with van der Waals surface area (Å²) in [7, 11) is 0. The summed E-state index contributed by atoms with van der Waals surface area (Å²) < 4.78 is 0. The zero-order valence-electron chi connectivity index (χ0n) is 9.59. The Morgan fingerprint density at radius 3 is 1.39 bits per heavy atom. The zero-order valence-corrected chi connectivity index (χ0v) is 9.59. The summed E-state index contributed by atoms with van der Waals surface area (Å²) in [6.45, 7) is 0. The number of aldehydes is 2. The number of carbonyl (C=O) groups is 2. The minimum absolute atomic E-state index is 0.417. The Morgan fingerprint density at radius 2 is 1.11 bits per heavy atom. The van der Waals surface area contributed by atoms with Crippen LogP contribution in [0.2, 0.25) is 0 Å². The molecule has 2 rings (SSSR count). The van der Waals surface area contributed by atoms with Crippen LogP contribution in [0, 0.1) is 0 Å². The Labute approximate surface area is 104 Å². The predicted octanol–water partition coefficient (Wildman–Crippen LogP) is 2.14. The Morgan fingerprint density at radius 1 is 0.722 bits per heavy atom. The molecule has 90 valence electrons. The van der Waals surface area contributed by atoms with Crippen molar-refractivity contribution in [1.82, 2.24) is 0 Å². The van der Waals surface area contributed by atoms with E-state index in [2.05, 4.69) is 0 Å².